The summed E-state index contributed by atoms with van der Waals surface area (Å²) in [7, 11) is -2.11. The Morgan fingerprint density at radius 2 is 2.11 bits per heavy atom. The van der Waals surface area contributed by atoms with Gasteiger partial charge in [-0.3, -0.25) is 0 Å². The Morgan fingerprint density at radius 3 is 2.74 bits per heavy atom. The third kappa shape index (κ3) is 5.42. The summed E-state index contributed by atoms with van der Waals surface area (Å²) in [6, 6.07) is 3.57. The molecule has 2 heterocycles. The minimum atomic E-state index is -3.54. The van der Waals surface area contributed by atoms with Crippen molar-refractivity contribution in [2.75, 3.05) is 38.4 Å². The van der Waals surface area contributed by atoms with Crippen molar-refractivity contribution < 1.29 is 31.8 Å². The van der Waals surface area contributed by atoms with Crippen LogP contribution in [-0.2, 0) is 14.6 Å². The lowest BCUT2D eigenvalue weighted by atomic mass is 9.96. The normalized spacial score (nSPS) is 21.3. The Kier molecular flexibility index (Phi) is 6.76. The van der Waals surface area contributed by atoms with Crippen LogP contribution in [0.15, 0.2) is 29.4 Å². The van der Waals surface area contributed by atoms with Crippen molar-refractivity contribution in [3.8, 4) is 11.6 Å². The van der Waals surface area contributed by atoms with E-state index in [-0.39, 0.29) is 45.6 Å². The zero-order chi connectivity index (χ0) is 25.4. The minimum absolute atomic E-state index is 0.0295. The number of nitrogens with one attached hydrogen (secondary N) is 1. The number of rotatable bonds is 8. The molecule has 0 radical (unpaired) electrons. The summed E-state index contributed by atoms with van der Waals surface area (Å²) in [6.07, 6.45) is 3.57. The van der Waals surface area contributed by atoms with Gasteiger partial charge in [-0.15, -0.1) is 0 Å². The van der Waals surface area contributed by atoms with Gasteiger partial charge in [0.2, 0.25) is 5.75 Å². The minimum Gasteiger partial charge on any atom is -0.489 e. The first-order valence-electron chi connectivity index (χ1n) is 11.3. The summed E-state index contributed by atoms with van der Waals surface area (Å²) in [4.78, 5) is 22.1. The smallest absolute Gasteiger partial charge is 0.410 e. The molecule has 2 aliphatic rings. The number of likely N-dealkylation sites (tertiary alicyclic amines) is 1. The Hall–Kier alpha value is -3.15. The number of anilines is 2. The van der Waals surface area contributed by atoms with Crippen molar-refractivity contribution >= 4 is 27.4 Å². The summed E-state index contributed by atoms with van der Waals surface area (Å²) in [5, 5.41) is 2.82. The van der Waals surface area contributed by atoms with Gasteiger partial charge in [0.05, 0.1) is 30.4 Å². The molecule has 2 unspecified atom stereocenters. The highest BCUT2D eigenvalue weighted by Gasteiger charge is 2.58. The average Bonchev–Trinajstić information content (AvgIpc) is 3.51. The maximum absolute atomic E-state index is 14.5. The fourth-order valence-corrected chi connectivity index (χ4v) is 4.94. The van der Waals surface area contributed by atoms with E-state index in [2.05, 4.69) is 15.3 Å². The third-order valence-electron chi connectivity index (χ3n) is 6.37. The fourth-order valence-electron chi connectivity index (χ4n) is 4.30. The molecule has 190 valence electrons. The first kappa shape index (κ1) is 25.0. The lowest BCUT2D eigenvalue weighted by Gasteiger charge is -2.31. The number of fused-ring (bicyclic) bond motifs is 1. The van der Waals surface area contributed by atoms with Crippen LogP contribution in [0.2, 0.25) is 0 Å². The van der Waals surface area contributed by atoms with E-state index >= 15 is 0 Å². The summed E-state index contributed by atoms with van der Waals surface area (Å²) >= 11 is 0. The van der Waals surface area contributed by atoms with Gasteiger partial charge >= 0.3 is 6.09 Å². The quantitative estimate of drug-likeness (QED) is 0.572. The van der Waals surface area contributed by atoms with Crippen molar-refractivity contribution in [1.82, 2.24) is 14.9 Å². The molecule has 10 nitrogen and oxygen atoms in total. The lowest BCUT2D eigenvalue weighted by molar-refractivity contribution is 0.0585. The zero-order valence-corrected chi connectivity index (χ0v) is 20.9. The van der Waals surface area contributed by atoms with Crippen LogP contribution >= 0.6 is 0 Å². The van der Waals surface area contributed by atoms with Gasteiger partial charge in [-0.2, -0.15) is 4.98 Å². The SMILES string of the molecule is COc1c(Nc2ccc(S(C)(=O)=O)cc2F)ncnc1OCC12CCN(C(=O)OC(C)C)CC1C2. The number of amides is 1. The molecule has 2 atom stereocenters. The Morgan fingerprint density at radius 1 is 1.34 bits per heavy atom. The summed E-state index contributed by atoms with van der Waals surface area (Å²) in [5.41, 5.74) is -0.00647. The summed E-state index contributed by atoms with van der Waals surface area (Å²) in [5.74, 6) is 0.160. The van der Waals surface area contributed by atoms with Gasteiger partial charge < -0.3 is 24.4 Å². The van der Waals surface area contributed by atoms with Gasteiger partial charge in [0.1, 0.15) is 12.1 Å². The maximum Gasteiger partial charge on any atom is 0.410 e. The van der Waals surface area contributed by atoms with Crippen LogP contribution in [0.25, 0.3) is 0 Å². The van der Waals surface area contributed by atoms with E-state index in [9.17, 15) is 17.6 Å². The van der Waals surface area contributed by atoms with E-state index in [0.717, 1.165) is 25.2 Å². The topological polar surface area (TPSA) is 120 Å². The van der Waals surface area contributed by atoms with Gasteiger partial charge in [-0.05, 0) is 50.8 Å². The average molecular weight is 509 g/mol. The zero-order valence-electron chi connectivity index (χ0n) is 20.1. The van der Waals surface area contributed by atoms with Gasteiger partial charge in [-0.25, -0.2) is 22.6 Å². The maximum atomic E-state index is 14.5. The van der Waals surface area contributed by atoms with Crippen molar-refractivity contribution in [3.63, 3.8) is 0 Å². The molecule has 1 aliphatic carbocycles. The lowest BCUT2D eigenvalue weighted by Crippen LogP contribution is -2.41. The number of ether oxygens (including phenoxy) is 3. The van der Waals surface area contributed by atoms with E-state index in [4.69, 9.17) is 14.2 Å². The summed E-state index contributed by atoms with van der Waals surface area (Å²) < 4.78 is 54.6. The number of methoxy groups -OCH3 is 1. The highest BCUT2D eigenvalue weighted by molar-refractivity contribution is 7.90. The fraction of sp³-hybridized carbons (Fsp3) is 0.522. The van der Waals surface area contributed by atoms with E-state index in [1.54, 1.807) is 4.90 Å². The van der Waals surface area contributed by atoms with Gasteiger partial charge in [0.15, 0.2) is 15.7 Å². The number of carbonyl (C=O) groups excluding carboxylic acids is 1. The largest absolute Gasteiger partial charge is 0.489 e. The summed E-state index contributed by atoms with van der Waals surface area (Å²) in [6.45, 7) is 5.28. The van der Waals surface area contributed by atoms with Crippen LogP contribution in [0.4, 0.5) is 20.7 Å². The van der Waals surface area contributed by atoms with E-state index in [0.29, 0.717) is 25.6 Å². The van der Waals surface area contributed by atoms with Crippen molar-refractivity contribution in [3.05, 3.63) is 30.3 Å². The van der Waals surface area contributed by atoms with Crippen LogP contribution in [-0.4, -0.2) is 68.5 Å². The van der Waals surface area contributed by atoms with E-state index < -0.39 is 15.7 Å². The number of nitrogens with zero attached hydrogens (tertiary/aromatic N) is 3. The molecule has 1 aromatic carbocycles. The second-order valence-electron chi connectivity index (χ2n) is 9.28. The molecule has 0 spiro atoms. The van der Waals surface area contributed by atoms with Crippen LogP contribution in [0, 0.1) is 17.2 Å². The molecule has 4 rings (SSSR count). The first-order valence-corrected chi connectivity index (χ1v) is 13.2. The van der Waals surface area contributed by atoms with Crippen LogP contribution < -0.4 is 14.8 Å². The molecule has 0 bridgehead atoms. The van der Waals surface area contributed by atoms with Gasteiger partial charge in [0.25, 0.3) is 5.88 Å². The Bertz CT molecular complexity index is 1220. The number of aromatic nitrogens is 2. The highest BCUT2D eigenvalue weighted by Crippen LogP contribution is 2.58. The first-order chi connectivity index (χ1) is 16.5. The van der Waals surface area contributed by atoms with Crippen molar-refractivity contribution in [2.24, 2.45) is 11.3 Å². The molecule has 1 saturated carbocycles. The highest BCUT2D eigenvalue weighted by atomic mass is 32.2. The van der Waals surface area contributed by atoms with Crippen LogP contribution in [0.5, 0.6) is 11.6 Å². The molecule has 1 N–H and O–H groups in total. The Balaban J connectivity index is 1.43. The number of hydrogen-bond donors (Lipinski definition) is 1. The molecular formula is C23H29FN4O6S. The number of carbonyl (C=O) groups is 1. The van der Waals surface area contributed by atoms with Crippen molar-refractivity contribution in [1.29, 1.82) is 0 Å². The number of piperidine rings is 1. The van der Waals surface area contributed by atoms with Crippen LogP contribution in [0.3, 0.4) is 0 Å². The molecule has 1 amide bonds. The number of sulfone groups is 1. The molecule has 2 aromatic rings. The third-order valence-corrected chi connectivity index (χ3v) is 7.48. The molecule has 35 heavy (non-hydrogen) atoms. The van der Waals surface area contributed by atoms with Crippen LogP contribution in [0.1, 0.15) is 26.7 Å². The van der Waals surface area contributed by atoms with E-state index in [1.165, 1.54) is 25.6 Å². The van der Waals surface area contributed by atoms with Gasteiger partial charge in [0, 0.05) is 24.8 Å². The molecule has 2 fully saturated rings. The molecule has 12 heteroatoms. The molecule has 1 aromatic heterocycles. The van der Waals surface area contributed by atoms with Crippen molar-refractivity contribution in [2.45, 2.75) is 37.7 Å². The Labute approximate surface area is 203 Å². The monoisotopic (exact) mass is 508 g/mol. The predicted molar refractivity (Wildman–Crippen MR) is 125 cm³/mol. The number of hydrogen-bond acceptors (Lipinski definition) is 9. The van der Waals surface area contributed by atoms with E-state index in [1.807, 2.05) is 13.8 Å². The number of benzene rings is 1. The molecular weight excluding hydrogens is 479 g/mol. The second kappa shape index (κ2) is 9.48. The predicted octanol–water partition coefficient (Wildman–Crippen LogP) is 3.41. The molecule has 1 saturated heterocycles. The molecule has 1 aliphatic heterocycles. The second-order valence-corrected chi connectivity index (χ2v) is 11.3. The van der Waals surface area contributed by atoms with Gasteiger partial charge in [-0.1, -0.05) is 0 Å². The standard InChI is InChI=1S/C23H29FN4O6S/c1-14(2)34-22(29)28-8-7-23(10-15(23)11-28)12-33-21-19(32-3)20(25-13-26-21)27-18-6-5-16(9-17(18)24)35(4,30)31/h5-6,9,13-15H,7-8,10-12H2,1-4H3,(H,25,26,27). The number of halogens is 1.